The minimum Gasteiger partial charge on any atom is -0.367 e. The van der Waals surface area contributed by atoms with E-state index in [1.54, 1.807) is 29.2 Å². The fourth-order valence-corrected chi connectivity index (χ4v) is 5.72. The maximum absolute atomic E-state index is 14.0. The van der Waals surface area contributed by atoms with E-state index in [1.807, 2.05) is 0 Å². The summed E-state index contributed by atoms with van der Waals surface area (Å²) in [5.74, 6) is -1.89. The number of ether oxygens (including phenoxy) is 1. The van der Waals surface area contributed by atoms with Gasteiger partial charge in [-0.2, -0.15) is 26.3 Å². The van der Waals surface area contributed by atoms with E-state index in [0.717, 1.165) is 22.7 Å². The van der Waals surface area contributed by atoms with Crippen LogP contribution < -0.4 is 16.0 Å². The number of amides is 2. The van der Waals surface area contributed by atoms with Crippen LogP contribution in [0.1, 0.15) is 30.4 Å². The zero-order chi connectivity index (χ0) is 34.3. The first kappa shape index (κ1) is 34.8. The Bertz CT molecular complexity index is 1570. The highest BCUT2D eigenvalue weighted by molar-refractivity contribution is 9.10. The van der Waals surface area contributed by atoms with Crippen LogP contribution in [0.15, 0.2) is 63.6 Å². The summed E-state index contributed by atoms with van der Waals surface area (Å²) in [6.45, 7) is -1.41. The Kier molecular flexibility index (Phi) is 9.72. The molecule has 0 radical (unpaired) electrons. The number of carbonyl (C=O) groups is 2. The summed E-state index contributed by atoms with van der Waals surface area (Å²) in [5, 5.41) is 7.55. The van der Waals surface area contributed by atoms with Crippen LogP contribution in [0.5, 0.6) is 0 Å². The van der Waals surface area contributed by atoms with Crippen LogP contribution in [0.25, 0.3) is 0 Å². The molecule has 2 aliphatic carbocycles. The number of nitrogens with one attached hydrogen (secondary N) is 3. The van der Waals surface area contributed by atoms with Crippen LogP contribution in [0, 0.1) is 5.41 Å². The van der Waals surface area contributed by atoms with Gasteiger partial charge in [0.25, 0.3) is 12.3 Å². The van der Waals surface area contributed by atoms with Gasteiger partial charge in [0, 0.05) is 28.0 Å². The Labute approximate surface area is 271 Å². The molecule has 0 saturated heterocycles. The molecule has 5 rings (SSSR count). The number of hydrogen-bond donors (Lipinski definition) is 3. The maximum Gasteiger partial charge on any atom is 0.418 e. The molecule has 8 nitrogen and oxygen atoms in total. The fourth-order valence-electron chi connectivity index (χ4n) is 5.45. The lowest BCUT2D eigenvalue weighted by atomic mass is 9.90. The number of aliphatic imine (C=N–C) groups is 1. The summed E-state index contributed by atoms with van der Waals surface area (Å²) in [6.07, 6.45) is -14.0. The van der Waals surface area contributed by atoms with Gasteiger partial charge in [0.2, 0.25) is 5.91 Å². The molecule has 0 spiro atoms. The first-order valence-corrected chi connectivity index (χ1v) is 15.1. The van der Waals surface area contributed by atoms with Crippen molar-refractivity contribution < 1.29 is 49.4 Å². The third kappa shape index (κ3) is 7.62. The van der Waals surface area contributed by atoms with Crippen molar-refractivity contribution in [3.8, 4) is 0 Å². The topological polar surface area (TPSA) is 95.1 Å². The van der Waals surface area contributed by atoms with Gasteiger partial charge in [-0.05, 0) is 74.3 Å². The molecule has 1 heterocycles. The number of hydrogen-bond acceptors (Lipinski definition) is 6. The SMILES string of the molecule is CN1C(Nc2cc(CNC(=O)C3(C(F)(F)F)CC3)ccc2C(F)(F)F)N=C2C=C(C(=O)Nc3ccc(Br)cc3)C(OCC(F)F)CC21. The minimum atomic E-state index is -4.83. The average Bonchev–Trinajstić information content (AvgIpc) is 3.76. The van der Waals surface area contributed by atoms with Crippen LogP contribution in [-0.2, 0) is 27.0 Å². The van der Waals surface area contributed by atoms with Crippen molar-refractivity contribution in [1.82, 2.24) is 10.2 Å². The molecule has 3 unspecified atom stereocenters. The van der Waals surface area contributed by atoms with Crippen molar-refractivity contribution in [2.75, 3.05) is 24.3 Å². The van der Waals surface area contributed by atoms with Crippen molar-refractivity contribution in [3.05, 3.63) is 69.7 Å². The summed E-state index contributed by atoms with van der Waals surface area (Å²) in [7, 11) is 1.54. The standard InChI is InChI=1S/C30H28BrF8N5O3/c1-44-22-12-23(47-14-24(32)33)18(25(45)41-17-5-3-16(31)4-6-17)11-21(22)43-27(44)42-20-10-15(2-7-19(20)29(34,35)36)13-40-26(46)28(8-9-28)30(37,38)39/h2-7,10-11,22-24,27,42H,8-9,12-14H2,1H3,(H,40,46)(H,41,45). The number of rotatable bonds is 10. The van der Waals surface area contributed by atoms with E-state index in [2.05, 4.69) is 36.9 Å². The van der Waals surface area contributed by atoms with Crippen molar-refractivity contribution >= 4 is 44.8 Å². The van der Waals surface area contributed by atoms with E-state index in [9.17, 15) is 44.7 Å². The van der Waals surface area contributed by atoms with E-state index < -0.39 is 78.8 Å². The van der Waals surface area contributed by atoms with Crippen molar-refractivity contribution in [3.63, 3.8) is 0 Å². The smallest absolute Gasteiger partial charge is 0.367 e. The largest absolute Gasteiger partial charge is 0.418 e. The molecule has 47 heavy (non-hydrogen) atoms. The van der Waals surface area contributed by atoms with Gasteiger partial charge in [-0.15, -0.1) is 0 Å². The van der Waals surface area contributed by atoms with Gasteiger partial charge < -0.3 is 20.7 Å². The van der Waals surface area contributed by atoms with E-state index in [-0.39, 0.29) is 30.4 Å². The highest BCUT2D eigenvalue weighted by atomic mass is 79.9. The van der Waals surface area contributed by atoms with Gasteiger partial charge in [-0.3, -0.25) is 14.5 Å². The number of fused-ring (bicyclic) bond motifs is 1. The van der Waals surface area contributed by atoms with Gasteiger partial charge in [0.1, 0.15) is 12.0 Å². The Morgan fingerprint density at radius 1 is 1.09 bits per heavy atom. The predicted octanol–water partition coefficient (Wildman–Crippen LogP) is 6.50. The summed E-state index contributed by atoms with van der Waals surface area (Å²) < 4.78 is 114. The van der Waals surface area contributed by atoms with Gasteiger partial charge in [-0.25, -0.2) is 13.8 Å². The molecule has 3 N–H and O–H groups in total. The van der Waals surface area contributed by atoms with Gasteiger partial charge >= 0.3 is 12.4 Å². The quantitative estimate of drug-likeness (QED) is 0.242. The summed E-state index contributed by atoms with van der Waals surface area (Å²) in [5.41, 5.74) is -3.22. The molecule has 0 aromatic heterocycles. The van der Waals surface area contributed by atoms with Gasteiger partial charge in [0.05, 0.1) is 23.4 Å². The molecule has 17 heteroatoms. The molecule has 2 amide bonds. The molecule has 2 aromatic carbocycles. The zero-order valence-electron chi connectivity index (χ0n) is 24.5. The van der Waals surface area contributed by atoms with Gasteiger partial charge in [0.15, 0.2) is 6.29 Å². The molecule has 1 saturated carbocycles. The first-order chi connectivity index (χ1) is 22.0. The zero-order valence-corrected chi connectivity index (χ0v) is 26.1. The number of halogens is 9. The number of nitrogens with zero attached hydrogens (tertiary/aromatic N) is 2. The Hall–Kier alpha value is -3.57. The molecule has 2 aromatic rings. The Morgan fingerprint density at radius 3 is 2.36 bits per heavy atom. The maximum atomic E-state index is 14.0. The van der Waals surface area contributed by atoms with Crippen molar-refractivity contribution in [1.29, 1.82) is 0 Å². The molecule has 3 aliphatic rings. The lowest BCUT2D eigenvalue weighted by molar-refractivity contribution is -0.192. The monoisotopic (exact) mass is 737 g/mol. The number of anilines is 2. The van der Waals surface area contributed by atoms with Crippen LogP contribution in [0.2, 0.25) is 0 Å². The van der Waals surface area contributed by atoms with E-state index in [1.165, 1.54) is 13.1 Å². The van der Waals surface area contributed by atoms with Crippen molar-refractivity contribution in [2.45, 2.75) is 63.0 Å². The summed E-state index contributed by atoms with van der Waals surface area (Å²) in [6, 6.07) is 8.82. The second-order valence-electron chi connectivity index (χ2n) is 11.4. The second kappa shape index (κ2) is 13.1. The van der Waals surface area contributed by atoms with Crippen molar-refractivity contribution in [2.24, 2.45) is 10.4 Å². The molecule has 1 fully saturated rings. The number of benzene rings is 2. The summed E-state index contributed by atoms with van der Waals surface area (Å²) >= 11 is 3.29. The van der Waals surface area contributed by atoms with Crippen LogP contribution in [0.4, 0.5) is 46.5 Å². The number of carbonyl (C=O) groups excluding carboxylic acids is 2. The predicted molar refractivity (Wildman–Crippen MR) is 159 cm³/mol. The van der Waals surface area contributed by atoms with Gasteiger partial charge in [-0.1, -0.05) is 22.0 Å². The lowest BCUT2D eigenvalue weighted by Gasteiger charge is -2.33. The third-order valence-corrected chi connectivity index (χ3v) is 8.75. The molecule has 254 valence electrons. The molecular formula is C30H28BrF8N5O3. The highest BCUT2D eigenvalue weighted by Crippen LogP contribution is 2.57. The average molecular weight is 738 g/mol. The number of alkyl halides is 8. The van der Waals surface area contributed by atoms with E-state index in [0.29, 0.717) is 11.4 Å². The van der Waals surface area contributed by atoms with Crippen LogP contribution in [-0.4, -0.2) is 67.1 Å². The molecule has 3 atom stereocenters. The molecular weight excluding hydrogens is 710 g/mol. The Morgan fingerprint density at radius 2 is 1.77 bits per heavy atom. The fraction of sp³-hybridized carbons (Fsp3) is 0.433. The minimum absolute atomic E-state index is 0.00127. The lowest BCUT2D eigenvalue weighted by Crippen LogP contribution is -2.46. The molecule has 0 bridgehead atoms. The Balaban J connectivity index is 1.37. The summed E-state index contributed by atoms with van der Waals surface area (Å²) in [4.78, 5) is 31.5. The highest BCUT2D eigenvalue weighted by Gasteiger charge is 2.68. The van der Waals surface area contributed by atoms with E-state index in [4.69, 9.17) is 4.74 Å². The first-order valence-electron chi connectivity index (χ1n) is 14.3. The molecule has 1 aliphatic heterocycles. The van der Waals surface area contributed by atoms with Crippen LogP contribution in [0.3, 0.4) is 0 Å². The normalized spacial score (nSPS) is 22.3. The van der Waals surface area contributed by atoms with Crippen LogP contribution >= 0.6 is 15.9 Å². The second-order valence-corrected chi connectivity index (χ2v) is 12.3. The van der Waals surface area contributed by atoms with E-state index >= 15 is 0 Å². The third-order valence-electron chi connectivity index (χ3n) is 8.22.